The van der Waals surface area contributed by atoms with Crippen molar-refractivity contribution in [3.05, 3.63) is 53.9 Å². The lowest BCUT2D eigenvalue weighted by Gasteiger charge is -2.22. The van der Waals surface area contributed by atoms with Crippen LogP contribution in [0.5, 0.6) is 5.88 Å². The van der Waals surface area contributed by atoms with Crippen LogP contribution in [0.4, 0.5) is 10.5 Å². The van der Waals surface area contributed by atoms with Crippen molar-refractivity contribution in [3.63, 3.8) is 0 Å². The number of sulfonamides is 1. The van der Waals surface area contributed by atoms with Gasteiger partial charge in [-0.2, -0.15) is 13.5 Å². The number of ether oxygens (including phenoxy) is 1. The van der Waals surface area contributed by atoms with Gasteiger partial charge in [-0.3, -0.25) is 4.68 Å². The molecule has 2 heterocycles. The molecule has 3 aromatic rings. The first-order chi connectivity index (χ1) is 18.0. The van der Waals surface area contributed by atoms with Gasteiger partial charge in [0.15, 0.2) is 5.03 Å². The van der Waals surface area contributed by atoms with E-state index in [9.17, 15) is 23.3 Å². The molecule has 1 aromatic carbocycles. The molecule has 2 aromatic heterocycles. The summed E-state index contributed by atoms with van der Waals surface area (Å²) < 4.78 is 35.0. The van der Waals surface area contributed by atoms with Gasteiger partial charge in [-0.25, -0.2) is 14.5 Å². The largest absolute Gasteiger partial charge is 0.474 e. The summed E-state index contributed by atoms with van der Waals surface area (Å²) in [5, 5.41) is 24.5. The Labute approximate surface area is 221 Å². The second-order valence-corrected chi connectivity index (χ2v) is 12.1. The summed E-state index contributed by atoms with van der Waals surface area (Å²) in [6.45, 7) is 3.28. The summed E-state index contributed by atoms with van der Waals surface area (Å²) in [5.41, 5.74) is 4.19. The number of urea groups is 1. The first-order valence-electron chi connectivity index (χ1n) is 12.5. The number of carbonyl (C=O) groups excluding carboxylic acids is 1. The second-order valence-electron chi connectivity index (χ2n) is 10.5. The Kier molecular flexibility index (Phi) is 6.93. The molecule has 0 spiro atoms. The predicted octanol–water partition coefficient (Wildman–Crippen LogP) is 2.74. The van der Waals surface area contributed by atoms with E-state index in [1.807, 2.05) is 29.0 Å². The van der Waals surface area contributed by atoms with E-state index in [0.717, 1.165) is 54.4 Å². The number of benzene rings is 1. The fraction of sp³-hybridized carbons (Fsp3) is 0.400. The van der Waals surface area contributed by atoms with E-state index in [-0.39, 0.29) is 17.7 Å². The average molecular weight is 539 g/mol. The van der Waals surface area contributed by atoms with Crippen molar-refractivity contribution in [1.82, 2.24) is 19.5 Å². The minimum Gasteiger partial charge on any atom is -0.474 e. The Morgan fingerprint density at radius 1 is 1.21 bits per heavy atom. The number of aromatic nitrogens is 3. The summed E-state index contributed by atoms with van der Waals surface area (Å²) in [7, 11) is -5.90. The highest BCUT2D eigenvalue weighted by Crippen LogP contribution is 2.38. The van der Waals surface area contributed by atoms with E-state index < -0.39 is 28.5 Å². The maximum absolute atomic E-state index is 13.0. The second kappa shape index (κ2) is 10.0. The Balaban J connectivity index is 1.37. The van der Waals surface area contributed by atoms with Crippen LogP contribution in [-0.2, 0) is 29.4 Å². The molecule has 1 saturated carbocycles. The third-order valence-corrected chi connectivity index (χ3v) is 7.99. The maximum atomic E-state index is 13.0. The van der Waals surface area contributed by atoms with Crippen molar-refractivity contribution >= 4 is 28.9 Å². The van der Waals surface area contributed by atoms with Crippen LogP contribution in [0.15, 0.2) is 47.8 Å². The highest BCUT2D eigenvalue weighted by atomic mass is 32.2. The van der Waals surface area contributed by atoms with E-state index in [4.69, 9.17) is 4.74 Å². The summed E-state index contributed by atoms with van der Waals surface area (Å²) in [6.07, 6.45) is 7.85. The standard InChI is InChI=1S/C25H30BN5O6S/c1-25(2,26(33)34)15-31-13-11-22(29-31)38(35,36)30-24(32)28-23-19-5-3-4-16(19)6-9-20(23)17-10-12-27-21(14-17)37-18-7-8-18/h6,9-14,18,33-34H,3-5,7-8,15H2,1-2H3,(H2,28,30,32). The summed E-state index contributed by atoms with van der Waals surface area (Å²) in [4.78, 5) is 17.3. The molecule has 0 radical (unpaired) electrons. The molecule has 0 atom stereocenters. The van der Waals surface area contributed by atoms with Crippen molar-refractivity contribution in [2.24, 2.45) is 0 Å². The molecular weight excluding hydrogens is 509 g/mol. The zero-order chi connectivity index (χ0) is 27.1. The zero-order valence-corrected chi connectivity index (χ0v) is 22.0. The molecule has 0 saturated heterocycles. The molecule has 5 rings (SSSR count). The lowest BCUT2D eigenvalue weighted by Crippen LogP contribution is -2.35. The van der Waals surface area contributed by atoms with Crippen LogP contribution in [-0.4, -0.2) is 52.5 Å². The van der Waals surface area contributed by atoms with E-state index in [1.54, 1.807) is 20.0 Å². The first-order valence-corrected chi connectivity index (χ1v) is 14.0. The Morgan fingerprint density at radius 2 is 2.00 bits per heavy atom. The number of fused-ring (bicyclic) bond motifs is 1. The third-order valence-electron chi connectivity index (χ3n) is 6.77. The molecule has 0 bridgehead atoms. The number of nitrogens with zero attached hydrogens (tertiary/aromatic N) is 3. The third kappa shape index (κ3) is 5.69. The zero-order valence-electron chi connectivity index (χ0n) is 21.2. The minimum atomic E-state index is -4.29. The fourth-order valence-electron chi connectivity index (χ4n) is 4.43. The molecular formula is C25H30BN5O6S. The number of pyridine rings is 1. The van der Waals surface area contributed by atoms with Gasteiger partial charge in [-0.15, -0.1) is 0 Å². The van der Waals surface area contributed by atoms with Gasteiger partial charge in [0.25, 0.3) is 10.0 Å². The Morgan fingerprint density at radius 3 is 2.74 bits per heavy atom. The van der Waals surface area contributed by atoms with Crippen molar-refractivity contribution in [1.29, 1.82) is 0 Å². The van der Waals surface area contributed by atoms with Crippen LogP contribution >= 0.6 is 0 Å². The SMILES string of the molecule is CC(C)(Cn1ccc(S(=O)(=O)NC(=O)Nc2c(-c3ccnc(OC4CC4)c3)ccc3c2CCC3)n1)B(O)O. The molecule has 2 aliphatic carbocycles. The van der Waals surface area contributed by atoms with Crippen molar-refractivity contribution in [3.8, 4) is 17.0 Å². The molecule has 11 nitrogen and oxygen atoms in total. The van der Waals surface area contributed by atoms with Crippen molar-refractivity contribution in [2.75, 3.05) is 5.32 Å². The average Bonchev–Trinajstić information content (AvgIpc) is 3.32. The molecule has 200 valence electrons. The predicted molar refractivity (Wildman–Crippen MR) is 141 cm³/mol. The number of nitrogens with one attached hydrogen (secondary N) is 2. The smallest absolute Gasteiger partial charge is 0.459 e. The minimum absolute atomic E-state index is 0.0598. The first kappa shape index (κ1) is 26.2. The van der Waals surface area contributed by atoms with Crippen molar-refractivity contribution < 1.29 is 28.0 Å². The number of hydrogen-bond acceptors (Lipinski definition) is 8. The monoisotopic (exact) mass is 539 g/mol. The molecule has 38 heavy (non-hydrogen) atoms. The van der Waals surface area contributed by atoms with Gasteiger partial charge in [-0.1, -0.05) is 26.0 Å². The molecule has 1 fully saturated rings. The van der Waals surface area contributed by atoms with Crippen LogP contribution in [0.3, 0.4) is 0 Å². The number of amides is 2. The van der Waals surface area contributed by atoms with Gasteiger partial charge in [0, 0.05) is 35.9 Å². The van der Waals surface area contributed by atoms with Crippen LogP contribution in [0.2, 0.25) is 5.31 Å². The summed E-state index contributed by atoms with van der Waals surface area (Å²) >= 11 is 0. The maximum Gasteiger partial charge on any atom is 0.459 e. The van der Waals surface area contributed by atoms with E-state index in [1.165, 1.54) is 16.9 Å². The number of carbonyl (C=O) groups is 1. The number of hydrogen-bond donors (Lipinski definition) is 4. The number of aryl methyl sites for hydroxylation is 1. The number of anilines is 1. The summed E-state index contributed by atoms with van der Waals surface area (Å²) in [6, 6.07) is 7.95. The normalized spacial score (nSPS) is 15.2. The Bertz CT molecular complexity index is 1470. The van der Waals surface area contributed by atoms with Gasteiger partial charge in [0.2, 0.25) is 5.88 Å². The van der Waals surface area contributed by atoms with Gasteiger partial charge >= 0.3 is 13.1 Å². The van der Waals surface area contributed by atoms with Gasteiger partial charge in [-0.05, 0) is 60.9 Å². The number of rotatable bonds is 9. The molecule has 0 aliphatic heterocycles. The quantitative estimate of drug-likeness (QED) is 0.303. The van der Waals surface area contributed by atoms with Gasteiger partial charge < -0.3 is 20.1 Å². The highest BCUT2D eigenvalue weighted by Gasteiger charge is 2.33. The topological polar surface area (TPSA) is 156 Å². The molecule has 0 unspecified atom stereocenters. The molecule has 2 amide bonds. The molecule has 2 aliphatic rings. The van der Waals surface area contributed by atoms with E-state index in [2.05, 4.69) is 15.4 Å². The molecule has 4 N–H and O–H groups in total. The van der Waals surface area contributed by atoms with E-state index >= 15 is 0 Å². The lowest BCUT2D eigenvalue weighted by molar-refractivity contribution is 0.256. The van der Waals surface area contributed by atoms with Crippen LogP contribution in [0, 0.1) is 0 Å². The summed E-state index contributed by atoms with van der Waals surface area (Å²) in [5.74, 6) is 0.510. The van der Waals surface area contributed by atoms with E-state index in [0.29, 0.717) is 11.6 Å². The lowest BCUT2D eigenvalue weighted by atomic mass is 9.60. The van der Waals surface area contributed by atoms with Crippen LogP contribution in [0.25, 0.3) is 11.1 Å². The van der Waals surface area contributed by atoms with Gasteiger partial charge in [0.05, 0.1) is 5.69 Å². The highest BCUT2D eigenvalue weighted by molar-refractivity contribution is 7.90. The van der Waals surface area contributed by atoms with Crippen molar-refractivity contribution in [2.45, 2.75) is 68.9 Å². The van der Waals surface area contributed by atoms with Crippen LogP contribution < -0.4 is 14.8 Å². The van der Waals surface area contributed by atoms with Gasteiger partial charge in [0.1, 0.15) is 6.10 Å². The molecule has 13 heteroatoms. The van der Waals surface area contributed by atoms with Crippen LogP contribution in [0.1, 0.15) is 44.2 Å². The fourth-order valence-corrected chi connectivity index (χ4v) is 5.29. The Hall–Kier alpha value is -3.42.